The average Bonchev–Trinajstić information content (AvgIpc) is 2.95. The molecule has 19 heavy (non-hydrogen) atoms. The van der Waals surface area contributed by atoms with E-state index in [0.717, 1.165) is 4.88 Å². The standard InChI is InChI=1S/C12H17NO5S/c1-13(11(14)16-2)7-6-9(18-12(15)17-3)10-5-4-8-19-10/h4-5,8-9H,6-7H2,1-3H3. The van der Waals surface area contributed by atoms with Crippen molar-refractivity contribution in [1.82, 2.24) is 4.90 Å². The van der Waals surface area contributed by atoms with Crippen LogP contribution in [-0.2, 0) is 14.2 Å². The van der Waals surface area contributed by atoms with Crippen LogP contribution in [0, 0.1) is 0 Å². The van der Waals surface area contributed by atoms with E-state index in [4.69, 9.17) is 4.74 Å². The first-order valence-electron chi connectivity index (χ1n) is 5.65. The Kier molecular flexibility index (Phi) is 6.14. The zero-order chi connectivity index (χ0) is 14.3. The highest BCUT2D eigenvalue weighted by atomic mass is 32.1. The minimum absolute atomic E-state index is 0.409. The summed E-state index contributed by atoms with van der Waals surface area (Å²) in [5.74, 6) is 0. The minimum atomic E-state index is -0.737. The molecule has 1 aromatic rings. The van der Waals surface area contributed by atoms with E-state index >= 15 is 0 Å². The van der Waals surface area contributed by atoms with E-state index < -0.39 is 18.4 Å². The van der Waals surface area contributed by atoms with Crippen LogP contribution in [-0.4, -0.2) is 45.0 Å². The van der Waals surface area contributed by atoms with Crippen LogP contribution >= 0.6 is 11.3 Å². The van der Waals surface area contributed by atoms with Gasteiger partial charge in [-0.3, -0.25) is 0 Å². The Morgan fingerprint density at radius 1 is 1.37 bits per heavy atom. The highest BCUT2D eigenvalue weighted by molar-refractivity contribution is 7.10. The molecule has 0 spiro atoms. The quantitative estimate of drug-likeness (QED) is 0.779. The Hall–Kier alpha value is -1.76. The molecule has 0 aliphatic heterocycles. The minimum Gasteiger partial charge on any atom is -0.453 e. The van der Waals surface area contributed by atoms with E-state index in [-0.39, 0.29) is 0 Å². The zero-order valence-electron chi connectivity index (χ0n) is 11.1. The van der Waals surface area contributed by atoms with Crippen LogP contribution in [0.4, 0.5) is 9.59 Å². The molecule has 1 heterocycles. The Bertz CT molecular complexity index is 406. The van der Waals surface area contributed by atoms with Gasteiger partial charge in [-0.2, -0.15) is 0 Å². The fraction of sp³-hybridized carbons (Fsp3) is 0.500. The molecule has 0 saturated heterocycles. The summed E-state index contributed by atoms with van der Waals surface area (Å²) in [6.07, 6.45) is -1.12. The van der Waals surface area contributed by atoms with Crippen molar-refractivity contribution in [2.24, 2.45) is 0 Å². The summed E-state index contributed by atoms with van der Waals surface area (Å²) in [4.78, 5) is 24.8. The molecule has 106 valence electrons. The maximum atomic E-state index is 11.3. The number of nitrogens with zero attached hydrogens (tertiary/aromatic N) is 1. The van der Waals surface area contributed by atoms with Gasteiger partial charge in [0.05, 0.1) is 14.2 Å². The first-order chi connectivity index (χ1) is 9.08. The van der Waals surface area contributed by atoms with Gasteiger partial charge in [0.25, 0.3) is 0 Å². The van der Waals surface area contributed by atoms with Gasteiger partial charge in [0.2, 0.25) is 0 Å². The number of methoxy groups -OCH3 is 2. The van der Waals surface area contributed by atoms with Crippen LogP contribution in [0.15, 0.2) is 17.5 Å². The molecule has 6 nitrogen and oxygen atoms in total. The SMILES string of the molecule is COC(=O)OC(CCN(C)C(=O)OC)c1cccs1. The Labute approximate surface area is 115 Å². The van der Waals surface area contributed by atoms with E-state index in [1.54, 1.807) is 7.05 Å². The molecule has 0 saturated carbocycles. The number of hydrogen-bond donors (Lipinski definition) is 0. The number of rotatable bonds is 5. The Morgan fingerprint density at radius 3 is 2.63 bits per heavy atom. The Balaban J connectivity index is 2.60. The fourth-order valence-electron chi connectivity index (χ4n) is 1.46. The summed E-state index contributed by atoms with van der Waals surface area (Å²) in [5.41, 5.74) is 0. The van der Waals surface area contributed by atoms with Gasteiger partial charge in [-0.05, 0) is 11.4 Å². The van der Waals surface area contributed by atoms with Crippen LogP contribution < -0.4 is 0 Å². The Morgan fingerprint density at radius 2 is 2.11 bits per heavy atom. The molecule has 1 atom stereocenters. The van der Waals surface area contributed by atoms with Gasteiger partial charge in [-0.1, -0.05) is 6.07 Å². The van der Waals surface area contributed by atoms with Crippen molar-refractivity contribution < 1.29 is 23.8 Å². The van der Waals surface area contributed by atoms with Gasteiger partial charge in [-0.15, -0.1) is 11.3 Å². The van der Waals surface area contributed by atoms with Crippen molar-refractivity contribution >= 4 is 23.6 Å². The van der Waals surface area contributed by atoms with E-state index in [2.05, 4.69) is 9.47 Å². The second-order valence-electron chi connectivity index (χ2n) is 3.76. The molecule has 1 aromatic heterocycles. The highest BCUT2D eigenvalue weighted by Crippen LogP contribution is 2.26. The van der Waals surface area contributed by atoms with Crippen molar-refractivity contribution in [1.29, 1.82) is 0 Å². The first kappa shape index (κ1) is 15.3. The molecule has 1 amide bonds. The van der Waals surface area contributed by atoms with Crippen molar-refractivity contribution in [2.45, 2.75) is 12.5 Å². The topological polar surface area (TPSA) is 65.1 Å². The molecule has 0 aromatic carbocycles. The highest BCUT2D eigenvalue weighted by Gasteiger charge is 2.20. The lowest BCUT2D eigenvalue weighted by molar-refractivity contribution is 0.0313. The number of thiophene rings is 1. The lowest BCUT2D eigenvalue weighted by Gasteiger charge is -2.20. The predicted molar refractivity (Wildman–Crippen MR) is 70.2 cm³/mol. The maximum Gasteiger partial charge on any atom is 0.508 e. The van der Waals surface area contributed by atoms with Gasteiger partial charge < -0.3 is 19.1 Å². The van der Waals surface area contributed by atoms with Crippen molar-refractivity contribution in [3.8, 4) is 0 Å². The first-order valence-corrected chi connectivity index (χ1v) is 6.53. The summed E-state index contributed by atoms with van der Waals surface area (Å²) >= 11 is 1.48. The van der Waals surface area contributed by atoms with Gasteiger partial charge in [0.1, 0.15) is 6.10 Å². The molecule has 0 aliphatic rings. The van der Waals surface area contributed by atoms with E-state index in [0.29, 0.717) is 13.0 Å². The fourth-order valence-corrected chi connectivity index (χ4v) is 2.25. The van der Waals surface area contributed by atoms with Crippen molar-refractivity contribution in [3.63, 3.8) is 0 Å². The van der Waals surface area contributed by atoms with Crippen LogP contribution in [0.2, 0.25) is 0 Å². The van der Waals surface area contributed by atoms with Crippen molar-refractivity contribution in [2.75, 3.05) is 27.8 Å². The molecule has 0 bridgehead atoms. The van der Waals surface area contributed by atoms with Gasteiger partial charge in [0.15, 0.2) is 0 Å². The number of ether oxygens (including phenoxy) is 3. The lowest BCUT2D eigenvalue weighted by atomic mass is 10.2. The van der Waals surface area contributed by atoms with Gasteiger partial charge in [0, 0.05) is 24.9 Å². The second kappa shape index (κ2) is 7.63. The number of carbonyl (C=O) groups is 2. The van der Waals surface area contributed by atoms with Crippen LogP contribution in [0.25, 0.3) is 0 Å². The van der Waals surface area contributed by atoms with Crippen LogP contribution in [0.5, 0.6) is 0 Å². The molecule has 1 rings (SSSR count). The number of carbonyl (C=O) groups excluding carboxylic acids is 2. The third-order valence-electron chi connectivity index (χ3n) is 2.48. The zero-order valence-corrected chi connectivity index (χ0v) is 11.9. The van der Waals surface area contributed by atoms with Crippen molar-refractivity contribution in [3.05, 3.63) is 22.4 Å². The molecule has 7 heteroatoms. The predicted octanol–water partition coefficient (Wildman–Crippen LogP) is 2.66. The third-order valence-corrected chi connectivity index (χ3v) is 3.44. The maximum absolute atomic E-state index is 11.3. The summed E-state index contributed by atoms with van der Waals surface area (Å²) in [6, 6.07) is 3.74. The van der Waals surface area contributed by atoms with Crippen LogP contribution in [0.1, 0.15) is 17.4 Å². The summed E-state index contributed by atoms with van der Waals surface area (Å²) in [5, 5.41) is 1.90. The molecular weight excluding hydrogens is 270 g/mol. The van der Waals surface area contributed by atoms with Gasteiger partial charge in [-0.25, -0.2) is 9.59 Å². The lowest BCUT2D eigenvalue weighted by Crippen LogP contribution is -2.29. The number of amides is 1. The summed E-state index contributed by atoms with van der Waals surface area (Å²) in [6.45, 7) is 0.409. The summed E-state index contributed by atoms with van der Waals surface area (Å²) < 4.78 is 14.3. The molecular formula is C12H17NO5S. The summed E-state index contributed by atoms with van der Waals surface area (Å²) in [7, 11) is 4.20. The molecule has 0 N–H and O–H groups in total. The smallest absolute Gasteiger partial charge is 0.453 e. The van der Waals surface area contributed by atoms with Crippen LogP contribution in [0.3, 0.4) is 0 Å². The normalized spacial score (nSPS) is 11.5. The molecule has 1 unspecified atom stereocenters. The molecule has 0 aliphatic carbocycles. The largest absolute Gasteiger partial charge is 0.508 e. The average molecular weight is 287 g/mol. The second-order valence-corrected chi connectivity index (χ2v) is 4.74. The third kappa shape index (κ3) is 4.78. The van der Waals surface area contributed by atoms with E-state index in [1.807, 2.05) is 17.5 Å². The molecule has 0 fully saturated rings. The molecule has 0 radical (unpaired) electrons. The monoisotopic (exact) mass is 287 g/mol. The number of hydrogen-bond acceptors (Lipinski definition) is 6. The van der Waals surface area contributed by atoms with E-state index in [9.17, 15) is 9.59 Å². The van der Waals surface area contributed by atoms with Gasteiger partial charge >= 0.3 is 12.2 Å². The van der Waals surface area contributed by atoms with E-state index in [1.165, 1.54) is 30.5 Å².